The van der Waals surface area contributed by atoms with Gasteiger partial charge in [0.15, 0.2) is 0 Å². The summed E-state index contributed by atoms with van der Waals surface area (Å²) < 4.78 is 16.9. The molecule has 3 rings (SSSR count). The lowest BCUT2D eigenvalue weighted by Crippen LogP contribution is -2.17. The van der Waals surface area contributed by atoms with Crippen molar-refractivity contribution >= 4 is 39.4 Å². The third-order valence-electron chi connectivity index (χ3n) is 3.47. The Morgan fingerprint density at radius 2 is 2.23 bits per heavy atom. The zero-order valence-corrected chi connectivity index (χ0v) is 14.5. The van der Waals surface area contributed by atoms with E-state index in [1.165, 1.54) is 17.8 Å². The fraction of sp³-hybridized carbons (Fsp3) is 0.333. The van der Waals surface area contributed by atoms with E-state index < -0.39 is 0 Å². The second-order valence-corrected chi connectivity index (χ2v) is 7.40. The molecule has 0 aliphatic carbocycles. The predicted octanol–water partition coefficient (Wildman–Crippen LogP) is 4.14. The predicted molar refractivity (Wildman–Crippen MR) is 89.6 cm³/mol. The molecule has 1 atom stereocenters. The van der Waals surface area contributed by atoms with Crippen molar-refractivity contribution in [3.63, 3.8) is 0 Å². The number of nitrogens with one attached hydrogen (secondary N) is 1. The second kappa shape index (κ2) is 6.04. The maximum absolute atomic E-state index is 14.3. The highest BCUT2D eigenvalue weighted by molar-refractivity contribution is 9.10. The summed E-state index contributed by atoms with van der Waals surface area (Å²) in [4.78, 5) is 12.0. The molecule has 116 valence electrons. The van der Waals surface area contributed by atoms with Crippen LogP contribution in [0.5, 0.6) is 0 Å². The number of aromatic nitrogens is 2. The minimum Gasteiger partial charge on any atom is -0.310 e. The zero-order valence-electron chi connectivity index (χ0n) is 12.1. The van der Waals surface area contributed by atoms with Crippen molar-refractivity contribution in [1.82, 2.24) is 9.78 Å². The van der Waals surface area contributed by atoms with Gasteiger partial charge in [-0.25, -0.2) is 9.07 Å². The Kier molecular flexibility index (Phi) is 4.27. The first-order chi connectivity index (χ1) is 10.5. The zero-order chi connectivity index (χ0) is 15.9. The maximum atomic E-state index is 14.3. The average Bonchev–Trinajstić information content (AvgIpc) is 2.79. The number of rotatable bonds is 2. The highest BCUT2D eigenvalue weighted by atomic mass is 79.9. The van der Waals surface area contributed by atoms with E-state index in [-0.39, 0.29) is 28.8 Å². The number of nitrogens with zero attached hydrogens (tertiary/aromatic N) is 2. The first-order valence-corrected chi connectivity index (χ1v) is 8.75. The van der Waals surface area contributed by atoms with Gasteiger partial charge in [-0.3, -0.25) is 4.79 Å². The van der Waals surface area contributed by atoms with Crippen LogP contribution in [0.15, 0.2) is 28.9 Å². The van der Waals surface area contributed by atoms with E-state index in [0.29, 0.717) is 11.4 Å². The summed E-state index contributed by atoms with van der Waals surface area (Å²) in [6.45, 7) is 3.98. The average molecular weight is 384 g/mol. The van der Waals surface area contributed by atoms with Crippen molar-refractivity contribution in [3.8, 4) is 0 Å². The number of hydrogen-bond acceptors (Lipinski definition) is 3. The van der Waals surface area contributed by atoms with Crippen LogP contribution in [0.3, 0.4) is 0 Å². The van der Waals surface area contributed by atoms with Crippen LogP contribution in [0, 0.1) is 5.82 Å². The van der Waals surface area contributed by atoms with Crippen molar-refractivity contribution in [2.24, 2.45) is 0 Å². The SMILES string of the molecule is CC(C)n1ncc2c1NC(=O)CS[C@@H]2c1cc(Br)ccc1F. The van der Waals surface area contributed by atoms with Crippen molar-refractivity contribution < 1.29 is 9.18 Å². The van der Waals surface area contributed by atoms with Crippen molar-refractivity contribution in [2.45, 2.75) is 25.1 Å². The molecule has 1 aliphatic heterocycles. The minimum atomic E-state index is -0.279. The van der Waals surface area contributed by atoms with E-state index in [1.54, 1.807) is 23.0 Å². The molecule has 2 aromatic rings. The molecular formula is C15H15BrFN3OS. The molecule has 1 N–H and O–H groups in total. The molecular weight excluding hydrogens is 369 g/mol. The molecule has 0 fully saturated rings. The number of fused-ring (bicyclic) bond motifs is 1. The quantitative estimate of drug-likeness (QED) is 0.847. The van der Waals surface area contributed by atoms with E-state index in [0.717, 1.165) is 10.0 Å². The molecule has 22 heavy (non-hydrogen) atoms. The lowest BCUT2D eigenvalue weighted by molar-refractivity contribution is -0.113. The maximum Gasteiger partial charge on any atom is 0.235 e. The molecule has 0 radical (unpaired) electrons. The van der Waals surface area contributed by atoms with Gasteiger partial charge in [0.1, 0.15) is 11.6 Å². The molecule has 4 nitrogen and oxygen atoms in total. The summed E-state index contributed by atoms with van der Waals surface area (Å²) in [5, 5.41) is 6.98. The molecule has 1 aromatic heterocycles. The van der Waals surface area contributed by atoms with Crippen molar-refractivity contribution in [2.75, 3.05) is 11.1 Å². The molecule has 1 aromatic carbocycles. The van der Waals surface area contributed by atoms with Crippen LogP contribution >= 0.6 is 27.7 Å². The summed E-state index contributed by atoms with van der Waals surface area (Å²) in [6, 6.07) is 4.98. The van der Waals surface area contributed by atoms with Crippen molar-refractivity contribution in [3.05, 3.63) is 45.8 Å². The normalized spacial score (nSPS) is 18.0. The van der Waals surface area contributed by atoms with Crippen molar-refractivity contribution in [1.29, 1.82) is 0 Å². The number of amides is 1. The lowest BCUT2D eigenvalue weighted by atomic mass is 10.1. The standard InChI is InChI=1S/C15H15BrFN3OS/c1-8(2)20-15-11(6-18-20)14(22-7-13(21)19-15)10-5-9(16)3-4-12(10)17/h3-6,8,14H,7H2,1-2H3,(H,19,21)/t14-/m1/s1. The van der Waals surface area contributed by atoms with Crippen LogP contribution in [-0.2, 0) is 4.79 Å². The highest BCUT2D eigenvalue weighted by Crippen LogP contribution is 2.43. The van der Waals surface area contributed by atoms with Gasteiger partial charge < -0.3 is 5.32 Å². The van der Waals surface area contributed by atoms with E-state index >= 15 is 0 Å². The van der Waals surface area contributed by atoms with Crippen LogP contribution in [0.4, 0.5) is 10.2 Å². The number of carbonyl (C=O) groups excluding carboxylic acids is 1. The number of carbonyl (C=O) groups is 1. The Bertz CT molecular complexity index is 732. The number of thioether (sulfide) groups is 1. The van der Waals surface area contributed by atoms with E-state index in [9.17, 15) is 9.18 Å². The minimum absolute atomic E-state index is 0.0912. The topological polar surface area (TPSA) is 46.9 Å². The molecule has 1 amide bonds. The molecule has 0 unspecified atom stereocenters. The van der Waals surface area contributed by atoms with Gasteiger partial charge in [0, 0.05) is 21.6 Å². The molecule has 0 spiro atoms. The third kappa shape index (κ3) is 2.79. The van der Waals surface area contributed by atoms with Gasteiger partial charge in [0.2, 0.25) is 5.91 Å². The highest BCUT2D eigenvalue weighted by Gasteiger charge is 2.29. The number of anilines is 1. The van der Waals surface area contributed by atoms with E-state index in [2.05, 4.69) is 26.3 Å². The van der Waals surface area contributed by atoms with Crippen LogP contribution in [0.1, 0.15) is 36.3 Å². The fourth-order valence-electron chi connectivity index (χ4n) is 2.48. The van der Waals surface area contributed by atoms with Crippen LogP contribution in [-0.4, -0.2) is 21.4 Å². The Morgan fingerprint density at radius 1 is 1.45 bits per heavy atom. The fourth-order valence-corrected chi connectivity index (χ4v) is 3.96. The van der Waals surface area contributed by atoms with Crippen LogP contribution < -0.4 is 5.32 Å². The smallest absolute Gasteiger partial charge is 0.235 e. The Labute approximate surface area is 140 Å². The van der Waals surface area contributed by atoms with Gasteiger partial charge in [-0.2, -0.15) is 5.10 Å². The van der Waals surface area contributed by atoms with Gasteiger partial charge in [-0.05, 0) is 32.0 Å². The summed E-state index contributed by atoms with van der Waals surface area (Å²) in [5.74, 6) is 0.572. The Hall–Kier alpha value is -1.34. The molecule has 0 saturated heterocycles. The molecule has 2 heterocycles. The summed E-state index contributed by atoms with van der Waals surface area (Å²) in [5.41, 5.74) is 1.39. The molecule has 7 heteroatoms. The summed E-state index contributed by atoms with van der Waals surface area (Å²) in [7, 11) is 0. The number of halogens is 2. The number of hydrogen-bond donors (Lipinski definition) is 1. The van der Waals surface area contributed by atoms with Crippen LogP contribution in [0.25, 0.3) is 0 Å². The molecule has 0 bridgehead atoms. The van der Waals surface area contributed by atoms with Gasteiger partial charge >= 0.3 is 0 Å². The van der Waals surface area contributed by atoms with E-state index in [1.807, 2.05) is 13.8 Å². The van der Waals surface area contributed by atoms with Gasteiger partial charge in [0.25, 0.3) is 0 Å². The first kappa shape index (κ1) is 15.6. The molecule has 1 aliphatic rings. The lowest BCUT2D eigenvalue weighted by Gasteiger charge is -2.16. The number of benzene rings is 1. The van der Waals surface area contributed by atoms with Crippen LogP contribution in [0.2, 0.25) is 0 Å². The Morgan fingerprint density at radius 3 is 2.95 bits per heavy atom. The second-order valence-electron chi connectivity index (χ2n) is 5.39. The van der Waals surface area contributed by atoms with Gasteiger partial charge in [0.05, 0.1) is 17.2 Å². The largest absolute Gasteiger partial charge is 0.310 e. The molecule has 0 saturated carbocycles. The summed E-state index contributed by atoms with van der Waals surface area (Å²) >= 11 is 4.79. The van der Waals surface area contributed by atoms with Gasteiger partial charge in [-0.15, -0.1) is 11.8 Å². The summed E-state index contributed by atoms with van der Waals surface area (Å²) in [6.07, 6.45) is 1.72. The first-order valence-electron chi connectivity index (χ1n) is 6.91. The Balaban J connectivity index is 2.14. The van der Waals surface area contributed by atoms with Gasteiger partial charge in [-0.1, -0.05) is 15.9 Å². The monoisotopic (exact) mass is 383 g/mol. The van der Waals surface area contributed by atoms with E-state index in [4.69, 9.17) is 0 Å². The third-order valence-corrected chi connectivity index (χ3v) is 5.24.